The Bertz CT molecular complexity index is 1280. The first-order chi connectivity index (χ1) is 16.1. The fraction of sp³-hybridized carbons (Fsp3) is 0.577. The van der Waals surface area contributed by atoms with Crippen LogP contribution in [-0.4, -0.2) is 49.7 Å². The van der Waals surface area contributed by atoms with Gasteiger partial charge in [-0.3, -0.25) is 4.79 Å². The highest BCUT2D eigenvalue weighted by molar-refractivity contribution is 7.90. The molecule has 7 nitrogen and oxygen atoms in total. The van der Waals surface area contributed by atoms with Gasteiger partial charge in [-0.15, -0.1) is 0 Å². The van der Waals surface area contributed by atoms with Crippen LogP contribution >= 0.6 is 0 Å². The molecule has 0 radical (unpaired) electrons. The van der Waals surface area contributed by atoms with Crippen molar-refractivity contribution in [2.75, 3.05) is 24.2 Å². The first kappa shape index (κ1) is 23.3. The first-order valence-electron chi connectivity index (χ1n) is 12.3. The lowest BCUT2D eigenvalue weighted by molar-refractivity contribution is -0.122. The quantitative estimate of drug-likeness (QED) is 0.630. The van der Waals surface area contributed by atoms with Crippen molar-refractivity contribution in [3.63, 3.8) is 0 Å². The Morgan fingerprint density at radius 3 is 2.76 bits per heavy atom. The highest BCUT2D eigenvalue weighted by Crippen LogP contribution is 2.59. The van der Waals surface area contributed by atoms with Crippen molar-refractivity contribution in [3.05, 3.63) is 35.5 Å². The fourth-order valence-electron chi connectivity index (χ4n) is 6.10. The van der Waals surface area contributed by atoms with Gasteiger partial charge in [0.1, 0.15) is 6.04 Å². The van der Waals surface area contributed by atoms with Gasteiger partial charge in [-0.1, -0.05) is 25.5 Å². The lowest BCUT2D eigenvalue weighted by Gasteiger charge is -2.56. The molecule has 3 aliphatic carbocycles. The van der Waals surface area contributed by atoms with E-state index < -0.39 is 9.84 Å². The number of carbonyl (C=O) groups excluding carboxylic acids is 1. The predicted octanol–water partition coefficient (Wildman–Crippen LogP) is 3.81. The molecule has 1 aromatic carbocycles. The molecule has 1 amide bonds. The molecule has 0 spiro atoms. The number of fused-ring (bicyclic) bond motifs is 2. The predicted molar refractivity (Wildman–Crippen MR) is 133 cm³/mol. The van der Waals surface area contributed by atoms with Crippen molar-refractivity contribution in [2.45, 2.75) is 63.8 Å². The highest BCUT2D eigenvalue weighted by atomic mass is 32.2. The molecular formula is C26H34N4O3S. The maximum absolute atomic E-state index is 13.1. The van der Waals surface area contributed by atoms with Crippen LogP contribution in [0.25, 0.3) is 10.9 Å². The van der Waals surface area contributed by atoms with E-state index in [4.69, 9.17) is 0 Å². The molecule has 6 rings (SSSR count). The van der Waals surface area contributed by atoms with E-state index in [0.717, 1.165) is 36.3 Å². The van der Waals surface area contributed by atoms with Crippen LogP contribution in [0, 0.1) is 24.2 Å². The Morgan fingerprint density at radius 2 is 2.06 bits per heavy atom. The van der Waals surface area contributed by atoms with E-state index in [9.17, 15) is 13.2 Å². The standard InChI is InChI=1S/C26H34N4O3S/c1-16-20-10-9-19(34(4,32)33)15-22(20)29-25(28-16)30-13-5-6-23(30)24(31)27-12-11-17-7-8-18-14-21(17)26(18,2)3/h7,9-10,15,18,21,23H,5-6,8,11-14H2,1-4H3,(H,27,31)/t18-,21-,23?/m0/s1. The van der Waals surface area contributed by atoms with Gasteiger partial charge in [0.25, 0.3) is 0 Å². The summed E-state index contributed by atoms with van der Waals surface area (Å²) in [5, 5.41) is 3.98. The summed E-state index contributed by atoms with van der Waals surface area (Å²) in [6, 6.07) is 4.63. The van der Waals surface area contributed by atoms with E-state index in [0.29, 0.717) is 35.9 Å². The van der Waals surface area contributed by atoms with Crippen molar-refractivity contribution in [1.29, 1.82) is 0 Å². The van der Waals surface area contributed by atoms with Crippen LogP contribution in [0.5, 0.6) is 0 Å². The zero-order valence-electron chi connectivity index (χ0n) is 20.5. The molecule has 1 N–H and O–H groups in total. The summed E-state index contributed by atoms with van der Waals surface area (Å²) >= 11 is 0. The van der Waals surface area contributed by atoms with Gasteiger partial charge in [-0.25, -0.2) is 18.4 Å². The normalized spacial score (nSPS) is 25.7. The number of benzene rings is 1. The molecule has 1 unspecified atom stereocenters. The Labute approximate surface area is 202 Å². The molecule has 2 heterocycles. The van der Waals surface area contributed by atoms with Gasteiger partial charge in [0.15, 0.2) is 9.84 Å². The molecular weight excluding hydrogens is 448 g/mol. The van der Waals surface area contributed by atoms with Crippen LogP contribution in [0.1, 0.15) is 51.6 Å². The zero-order valence-corrected chi connectivity index (χ0v) is 21.3. The molecule has 1 aromatic heterocycles. The van der Waals surface area contributed by atoms with Crippen LogP contribution < -0.4 is 10.2 Å². The summed E-state index contributed by atoms with van der Waals surface area (Å²) in [6.45, 7) is 8.00. The molecule has 1 saturated heterocycles. The first-order valence-corrected chi connectivity index (χ1v) is 14.2. The number of hydrogen-bond donors (Lipinski definition) is 1. The molecule has 8 heteroatoms. The van der Waals surface area contributed by atoms with Crippen molar-refractivity contribution in [2.24, 2.45) is 17.3 Å². The molecule has 1 saturated carbocycles. The van der Waals surface area contributed by atoms with Crippen LogP contribution in [0.2, 0.25) is 0 Å². The summed E-state index contributed by atoms with van der Waals surface area (Å²) in [7, 11) is -3.33. The number of amides is 1. The van der Waals surface area contributed by atoms with Gasteiger partial charge in [-0.2, -0.15) is 0 Å². The van der Waals surface area contributed by atoms with Gasteiger partial charge in [0.2, 0.25) is 11.9 Å². The monoisotopic (exact) mass is 482 g/mol. The molecule has 4 aliphatic rings. The van der Waals surface area contributed by atoms with Crippen molar-refractivity contribution >= 4 is 32.6 Å². The van der Waals surface area contributed by atoms with Gasteiger partial charge in [0.05, 0.1) is 16.1 Å². The summed E-state index contributed by atoms with van der Waals surface area (Å²) in [5.74, 6) is 2.00. The van der Waals surface area contributed by atoms with Crippen molar-refractivity contribution in [3.8, 4) is 0 Å². The van der Waals surface area contributed by atoms with E-state index in [2.05, 4.69) is 35.2 Å². The van der Waals surface area contributed by atoms with Crippen molar-refractivity contribution < 1.29 is 13.2 Å². The molecule has 2 aromatic rings. The number of sulfone groups is 1. The second-order valence-corrected chi connectivity index (χ2v) is 12.8. The lowest BCUT2D eigenvalue weighted by Crippen LogP contribution is -2.48. The molecule has 2 fully saturated rings. The number of nitrogens with zero attached hydrogens (tertiary/aromatic N) is 3. The Kier molecular flexibility index (Phi) is 5.70. The van der Waals surface area contributed by atoms with Gasteiger partial charge in [0, 0.05) is 24.7 Å². The second kappa shape index (κ2) is 8.33. The Morgan fingerprint density at radius 1 is 1.26 bits per heavy atom. The van der Waals surface area contributed by atoms with Gasteiger partial charge in [-0.05, 0) is 74.5 Å². The number of rotatable bonds is 6. The smallest absolute Gasteiger partial charge is 0.242 e. The minimum atomic E-state index is -3.33. The van der Waals surface area contributed by atoms with Crippen molar-refractivity contribution in [1.82, 2.24) is 15.3 Å². The summed E-state index contributed by atoms with van der Waals surface area (Å²) in [4.78, 5) is 24.7. The van der Waals surface area contributed by atoms with Gasteiger partial charge < -0.3 is 10.2 Å². The topological polar surface area (TPSA) is 92.3 Å². The molecule has 34 heavy (non-hydrogen) atoms. The average Bonchev–Trinajstić information content (AvgIpc) is 3.28. The lowest BCUT2D eigenvalue weighted by atomic mass is 9.48. The number of aryl methyl sites for hydroxylation is 1. The number of allylic oxidation sites excluding steroid dienone is 1. The third kappa shape index (κ3) is 4.00. The number of carbonyl (C=O) groups is 1. The fourth-order valence-corrected chi connectivity index (χ4v) is 6.74. The number of anilines is 1. The number of hydrogen-bond acceptors (Lipinski definition) is 6. The Hall–Kier alpha value is -2.48. The Balaban J connectivity index is 1.29. The average molecular weight is 483 g/mol. The second-order valence-electron chi connectivity index (χ2n) is 10.8. The summed E-state index contributed by atoms with van der Waals surface area (Å²) in [5.41, 5.74) is 3.27. The van der Waals surface area contributed by atoms with E-state index in [1.165, 1.54) is 24.7 Å². The summed E-state index contributed by atoms with van der Waals surface area (Å²) < 4.78 is 24.0. The minimum absolute atomic E-state index is 0.0193. The van der Waals surface area contributed by atoms with E-state index in [1.807, 2.05) is 11.8 Å². The minimum Gasteiger partial charge on any atom is -0.354 e. The SMILES string of the molecule is Cc1nc(N2CCCC2C(=O)NCCC2=CC[C@H]3C[C@@H]2C3(C)C)nc2cc(S(C)(=O)=O)ccc12. The van der Waals surface area contributed by atoms with Crippen LogP contribution in [0.15, 0.2) is 34.7 Å². The maximum atomic E-state index is 13.1. The van der Waals surface area contributed by atoms with Crippen LogP contribution in [-0.2, 0) is 14.6 Å². The number of nitrogens with one attached hydrogen (secondary N) is 1. The zero-order chi connectivity index (χ0) is 24.3. The third-order valence-corrected chi connectivity index (χ3v) is 9.49. The van der Waals surface area contributed by atoms with E-state index in [-0.39, 0.29) is 16.8 Å². The van der Waals surface area contributed by atoms with Crippen LogP contribution in [0.4, 0.5) is 5.95 Å². The largest absolute Gasteiger partial charge is 0.354 e. The number of aromatic nitrogens is 2. The maximum Gasteiger partial charge on any atom is 0.242 e. The third-order valence-electron chi connectivity index (χ3n) is 8.38. The molecule has 1 aliphatic heterocycles. The molecule has 182 valence electrons. The van der Waals surface area contributed by atoms with Gasteiger partial charge >= 0.3 is 0 Å². The summed E-state index contributed by atoms with van der Waals surface area (Å²) in [6.07, 6.45) is 8.62. The molecule has 3 atom stereocenters. The van der Waals surface area contributed by atoms with Crippen LogP contribution in [0.3, 0.4) is 0 Å². The van der Waals surface area contributed by atoms with E-state index in [1.54, 1.807) is 18.2 Å². The highest BCUT2D eigenvalue weighted by Gasteiger charge is 2.50. The van der Waals surface area contributed by atoms with E-state index >= 15 is 0 Å². The molecule has 2 bridgehead atoms.